The summed E-state index contributed by atoms with van der Waals surface area (Å²) in [6, 6.07) is 14.7. The second-order valence-electron chi connectivity index (χ2n) is 4.60. The van der Waals surface area contributed by atoms with E-state index < -0.39 is 9.84 Å². The van der Waals surface area contributed by atoms with E-state index in [1.807, 2.05) is 0 Å². The van der Waals surface area contributed by atoms with E-state index in [9.17, 15) is 8.42 Å². The Balaban J connectivity index is 2.10. The Morgan fingerprint density at radius 1 is 0.909 bits per heavy atom. The zero-order valence-electron chi connectivity index (χ0n) is 11.4. The molecule has 0 unspecified atom stereocenters. The summed E-state index contributed by atoms with van der Waals surface area (Å²) in [4.78, 5) is 0.117. The minimum absolute atomic E-state index is 0.0476. The van der Waals surface area contributed by atoms with Crippen LogP contribution in [-0.2, 0) is 9.84 Å². The maximum Gasteiger partial charge on any atom is 0.229 e. The highest BCUT2D eigenvalue weighted by Crippen LogP contribution is 2.25. The van der Waals surface area contributed by atoms with Crippen LogP contribution in [0.5, 0.6) is 0 Å². The summed E-state index contributed by atoms with van der Waals surface area (Å²) >= 11 is 0. The first-order valence-corrected chi connectivity index (χ1v) is 7.85. The van der Waals surface area contributed by atoms with Gasteiger partial charge in [0.25, 0.3) is 0 Å². The predicted molar refractivity (Wildman–Crippen MR) is 82.1 cm³/mol. The molecule has 22 heavy (non-hydrogen) atoms. The minimum atomic E-state index is -3.81. The fraction of sp³-hybridized carbons (Fsp3) is 0. The molecule has 3 aromatic rings. The van der Waals surface area contributed by atoms with Crippen LogP contribution < -0.4 is 11.5 Å². The molecule has 0 atom stereocenters. The van der Waals surface area contributed by atoms with Crippen LogP contribution in [0.15, 0.2) is 64.5 Å². The van der Waals surface area contributed by atoms with Gasteiger partial charge in [-0.2, -0.15) is 4.68 Å². The molecule has 0 amide bonds. The maximum absolute atomic E-state index is 12.5. The third-order valence-corrected chi connectivity index (χ3v) is 4.81. The Hall–Kier alpha value is -2.87. The highest BCUT2D eigenvalue weighted by Gasteiger charge is 2.26. The molecule has 0 aliphatic rings. The quantitative estimate of drug-likeness (QED) is 0.703. The van der Waals surface area contributed by atoms with E-state index in [1.54, 1.807) is 42.5 Å². The van der Waals surface area contributed by atoms with Gasteiger partial charge in [0.1, 0.15) is 0 Å². The third-order valence-electron chi connectivity index (χ3n) is 3.12. The Kier molecular flexibility index (Phi) is 3.30. The van der Waals surface area contributed by atoms with Gasteiger partial charge in [-0.25, -0.2) is 8.42 Å². The molecular formula is C14H13N5O2S. The number of aromatic nitrogens is 3. The monoisotopic (exact) mass is 315 g/mol. The van der Waals surface area contributed by atoms with Crippen LogP contribution >= 0.6 is 0 Å². The molecule has 0 fully saturated rings. The molecule has 0 radical (unpaired) electrons. The Labute approximate surface area is 127 Å². The van der Waals surface area contributed by atoms with Gasteiger partial charge in [-0.3, -0.25) is 0 Å². The van der Waals surface area contributed by atoms with Crippen LogP contribution in [0.25, 0.3) is 5.69 Å². The van der Waals surface area contributed by atoms with Crippen molar-refractivity contribution in [2.24, 2.45) is 0 Å². The minimum Gasteiger partial charge on any atom is -0.399 e. The van der Waals surface area contributed by atoms with Crippen LogP contribution in [0.1, 0.15) is 0 Å². The fourth-order valence-corrected chi connectivity index (χ4v) is 3.23. The van der Waals surface area contributed by atoms with Crippen LogP contribution in [0.2, 0.25) is 0 Å². The van der Waals surface area contributed by atoms with E-state index in [-0.39, 0.29) is 15.7 Å². The van der Waals surface area contributed by atoms with Gasteiger partial charge in [0.05, 0.1) is 10.6 Å². The largest absolute Gasteiger partial charge is 0.399 e. The summed E-state index contributed by atoms with van der Waals surface area (Å²) in [5.74, 6) is -0.0476. The predicted octanol–water partition coefficient (Wildman–Crippen LogP) is 1.26. The summed E-state index contributed by atoms with van der Waals surface area (Å²) in [7, 11) is -3.81. The van der Waals surface area contributed by atoms with Gasteiger partial charge in [-0.05, 0) is 36.4 Å². The van der Waals surface area contributed by atoms with E-state index in [0.717, 1.165) is 0 Å². The van der Waals surface area contributed by atoms with Gasteiger partial charge < -0.3 is 11.5 Å². The lowest BCUT2D eigenvalue weighted by Crippen LogP contribution is -2.07. The van der Waals surface area contributed by atoms with Crippen molar-refractivity contribution in [1.29, 1.82) is 0 Å². The average molecular weight is 315 g/mol. The summed E-state index contributed by atoms with van der Waals surface area (Å²) in [6.45, 7) is 0. The highest BCUT2D eigenvalue weighted by molar-refractivity contribution is 7.91. The van der Waals surface area contributed by atoms with E-state index in [4.69, 9.17) is 11.5 Å². The fourth-order valence-electron chi connectivity index (χ4n) is 1.98. The Morgan fingerprint density at radius 2 is 1.55 bits per heavy atom. The number of anilines is 2. The molecule has 0 bridgehead atoms. The first kappa shape index (κ1) is 14.1. The molecule has 1 heterocycles. The molecule has 7 nitrogen and oxygen atoms in total. The number of benzene rings is 2. The van der Waals surface area contributed by atoms with E-state index in [0.29, 0.717) is 11.4 Å². The molecule has 0 saturated carbocycles. The van der Waals surface area contributed by atoms with Gasteiger partial charge in [0, 0.05) is 5.69 Å². The van der Waals surface area contributed by atoms with Crippen molar-refractivity contribution in [3.05, 3.63) is 54.6 Å². The van der Waals surface area contributed by atoms with Crippen LogP contribution in [0.3, 0.4) is 0 Å². The second-order valence-corrected chi connectivity index (χ2v) is 6.46. The van der Waals surface area contributed by atoms with Crippen molar-refractivity contribution < 1.29 is 8.42 Å². The average Bonchev–Trinajstić information content (AvgIpc) is 2.91. The summed E-state index contributed by atoms with van der Waals surface area (Å²) in [6.07, 6.45) is 0. The van der Waals surface area contributed by atoms with Crippen molar-refractivity contribution in [3.8, 4) is 5.69 Å². The molecule has 8 heteroatoms. The number of rotatable bonds is 3. The number of nitrogens with two attached hydrogens (primary N) is 2. The molecule has 0 aliphatic heterocycles. The number of nitrogens with zero attached hydrogens (tertiary/aromatic N) is 3. The molecule has 0 aliphatic carbocycles. The topological polar surface area (TPSA) is 117 Å². The molecular weight excluding hydrogens is 302 g/mol. The standard InChI is InChI=1S/C14H13N5O2S/c15-10-6-8-11(9-7-10)19-13(16)14(17-18-19)22(20,21)12-4-2-1-3-5-12/h1-9H,15-16H2. The molecule has 0 spiro atoms. The highest BCUT2D eigenvalue weighted by atomic mass is 32.2. The summed E-state index contributed by atoms with van der Waals surface area (Å²) in [5.41, 5.74) is 12.7. The van der Waals surface area contributed by atoms with Gasteiger partial charge in [-0.15, -0.1) is 5.10 Å². The van der Waals surface area contributed by atoms with Crippen molar-refractivity contribution in [2.45, 2.75) is 9.92 Å². The van der Waals surface area contributed by atoms with Crippen molar-refractivity contribution in [3.63, 3.8) is 0 Å². The summed E-state index contributed by atoms with van der Waals surface area (Å²) < 4.78 is 26.3. The number of hydrogen-bond acceptors (Lipinski definition) is 6. The lowest BCUT2D eigenvalue weighted by atomic mass is 10.3. The van der Waals surface area contributed by atoms with E-state index >= 15 is 0 Å². The van der Waals surface area contributed by atoms with Gasteiger partial charge in [-0.1, -0.05) is 23.4 Å². The van der Waals surface area contributed by atoms with Crippen molar-refractivity contribution in [2.75, 3.05) is 11.5 Å². The maximum atomic E-state index is 12.5. The van der Waals surface area contributed by atoms with Crippen LogP contribution in [0.4, 0.5) is 11.5 Å². The van der Waals surface area contributed by atoms with Gasteiger partial charge in [0.15, 0.2) is 5.82 Å². The van der Waals surface area contributed by atoms with Crippen LogP contribution in [0, 0.1) is 0 Å². The molecule has 4 N–H and O–H groups in total. The van der Waals surface area contributed by atoms with Crippen molar-refractivity contribution in [1.82, 2.24) is 15.0 Å². The normalized spacial score (nSPS) is 11.5. The first-order valence-electron chi connectivity index (χ1n) is 6.37. The molecule has 112 valence electrons. The zero-order chi connectivity index (χ0) is 15.7. The summed E-state index contributed by atoms with van der Waals surface area (Å²) in [5, 5.41) is 7.29. The van der Waals surface area contributed by atoms with Gasteiger partial charge >= 0.3 is 0 Å². The number of nitrogen functional groups attached to an aromatic ring is 2. The molecule has 2 aromatic carbocycles. The van der Waals surface area contributed by atoms with E-state index in [1.165, 1.54) is 16.8 Å². The van der Waals surface area contributed by atoms with E-state index in [2.05, 4.69) is 10.3 Å². The lowest BCUT2D eigenvalue weighted by Gasteiger charge is -2.04. The first-order chi connectivity index (χ1) is 10.5. The zero-order valence-corrected chi connectivity index (χ0v) is 12.2. The van der Waals surface area contributed by atoms with Gasteiger partial charge in [0.2, 0.25) is 14.9 Å². The third kappa shape index (κ3) is 2.29. The molecule has 1 aromatic heterocycles. The second kappa shape index (κ2) is 5.15. The van der Waals surface area contributed by atoms with Crippen molar-refractivity contribution >= 4 is 21.3 Å². The van der Waals surface area contributed by atoms with Crippen LogP contribution in [-0.4, -0.2) is 23.4 Å². The number of hydrogen-bond donors (Lipinski definition) is 2. The molecule has 0 saturated heterocycles. The Bertz CT molecular complexity index is 902. The molecule has 3 rings (SSSR count). The SMILES string of the molecule is Nc1ccc(-n2nnc(S(=O)(=O)c3ccccc3)c2N)cc1. The number of sulfone groups is 1. The lowest BCUT2D eigenvalue weighted by molar-refractivity contribution is 0.592. The smallest absolute Gasteiger partial charge is 0.229 e. The Morgan fingerprint density at radius 3 is 2.18 bits per heavy atom.